The molecule has 4 heteroatoms. The van der Waals surface area contributed by atoms with E-state index in [4.69, 9.17) is 0 Å². The van der Waals surface area contributed by atoms with E-state index < -0.39 is 10.0 Å². The molecule has 20 heavy (non-hydrogen) atoms. The molecule has 3 nitrogen and oxygen atoms in total. The summed E-state index contributed by atoms with van der Waals surface area (Å²) in [5, 5.41) is 0. The first-order chi connectivity index (χ1) is 9.47. The van der Waals surface area contributed by atoms with Gasteiger partial charge in [0.2, 0.25) is 0 Å². The van der Waals surface area contributed by atoms with Crippen molar-refractivity contribution < 1.29 is 8.42 Å². The van der Waals surface area contributed by atoms with Gasteiger partial charge in [0.05, 0.1) is 4.90 Å². The molecule has 0 radical (unpaired) electrons. The summed E-state index contributed by atoms with van der Waals surface area (Å²) < 4.78 is 27.2. The SMILES string of the molecule is CC(C)Cc1cccc(S(=O)(=O)Nc2ccccc2)c1. The molecule has 2 rings (SSSR count). The van der Waals surface area contributed by atoms with Gasteiger partial charge >= 0.3 is 0 Å². The fourth-order valence-corrected chi connectivity index (χ4v) is 3.16. The lowest BCUT2D eigenvalue weighted by Gasteiger charge is -2.10. The molecular weight excluding hydrogens is 270 g/mol. The van der Waals surface area contributed by atoms with Crippen LogP contribution in [0.15, 0.2) is 59.5 Å². The van der Waals surface area contributed by atoms with Crippen LogP contribution in [-0.2, 0) is 16.4 Å². The van der Waals surface area contributed by atoms with Crippen molar-refractivity contribution in [2.24, 2.45) is 5.92 Å². The number of benzene rings is 2. The van der Waals surface area contributed by atoms with E-state index in [1.165, 1.54) is 0 Å². The average Bonchev–Trinajstić information content (AvgIpc) is 2.39. The van der Waals surface area contributed by atoms with Gasteiger partial charge in [0.15, 0.2) is 0 Å². The van der Waals surface area contributed by atoms with Crippen molar-refractivity contribution in [1.29, 1.82) is 0 Å². The summed E-state index contributed by atoms with van der Waals surface area (Å²) in [5.41, 5.74) is 1.61. The highest BCUT2D eigenvalue weighted by Crippen LogP contribution is 2.18. The maximum atomic E-state index is 12.3. The Morgan fingerprint density at radius 2 is 1.70 bits per heavy atom. The molecule has 2 aromatic rings. The molecule has 0 unspecified atom stereocenters. The monoisotopic (exact) mass is 289 g/mol. The molecule has 0 aromatic heterocycles. The van der Waals surface area contributed by atoms with E-state index in [-0.39, 0.29) is 0 Å². The van der Waals surface area contributed by atoms with Gasteiger partial charge in [0.1, 0.15) is 0 Å². The summed E-state index contributed by atoms with van der Waals surface area (Å²) in [6.45, 7) is 4.23. The first kappa shape index (κ1) is 14.6. The minimum absolute atomic E-state index is 0.305. The summed E-state index contributed by atoms with van der Waals surface area (Å²) in [6, 6.07) is 16.0. The molecule has 0 saturated heterocycles. The Morgan fingerprint density at radius 3 is 2.35 bits per heavy atom. The van der Waals surface area contributed by atoms with Crippen molar-refractivity contribution >= 4 is 15.7 Å². The third-order valence-corrected chi connectivity index (χ3v) is 4.26. The van der Waals surface area contributed by atoms with E-state index in [1.54, 1.807) is 42.5 Å². The Balaban J connectivity index is 2.25. The van der Waals surface area contributed by atoms with E-state index >= 15 is 0 Å². The molecule has 0 aliphatic rings. The van der Waals surface area contributed by atoms with Crippen LogP contribution in [-0.4, -0.2) is 8.42 Å². The van der Waals surface area contributed by atoms with Crippen LogP contribution in [0.2, 0.25) is 0 Å². The van der Waals surface area contributed by atoms with Crippen LogP contribution in [0.4, 0.5) is 5.69 Å². The second-order valence-corrected chi connectivity index (χ2v) is 6.90. The number of rotatable bonds is 5. The van der Waals surface area contributed by atoms with Crippen LogP contribution in [0, 0.1) is 5.92 Å². The minimum Gasteiger partial charge on any atom is -0.280 e. The van der Waals surface area contributed by atoms with Gasteiger partial charge in [-0.05, 0) is 42.2 Å². The van der Waals surface area contributed by atoms with E-state index in [0.29, 0.717) is 16.5 Å². The standard InChI is InChI=1S/C16H19NO2S/c1-13(2)11-14-7-6-10-16(12-14)20(18,19)17-15-8-4-3-5-9-15/h3-10,12-13,17H,11H2,1-2H3. The highest BCUT2D eigenvalue weighted by molar-refractivity contribution is 7.92. The largest absolute Gasteiger partial charge is 0.280 e. The van der Waals surface area contributed by atoms with Crippen LogP contribution in [0.1, 0.15) is 19.4 Å². The first-order valence-corrected chi connectivity index (χ1v) is 8.12. The normalized spacial score (nSPS) is 11.6. The smallest absolute Gasteiger partial charge is 0.261 e. The number of hydrogen-bond acceptors (Lipinski definition) is 2. The van der Waals surface area contributed by atoms with E-state index in [0.717, 1.165) is 12.0 Å². The average molecular weight is 289 g/mol. The molecule has 0 aliphatic carbocycles. The zero-order valence-corrected chi connectivity index (χ0v) is 12.5. The molecule has 0 aliphatic heterocycles. The van der Waals surface area contributed by atoms with Gasteiger partial charge in [-0.15, -0.1) is 0 Å². The predicted molar refractivity (Wildman–Crippen MR) is 82.2 cm³/mol. The molecule has 0 saturated carbocycles. The third-order valence-electron chi connectivity index (χ3n) is 2.88. The summed E-state index contributed by atoms with van der Waals surface area (Å²) in [4.78, 5) is 0.305. The molecule has 0 fully saturated rings. The molecule has 1 N–H and O–H groups in total. The zero-order valence-electron chi connectivity index (χ0n) is 11.7. The first-order valence-electron chi connectivity index (χ1n) is 6.64. The van der Waals surface area contributed by atoms with E-state index in [9.17, 15) is 8.42 Å². The van der Waals surface area contributed by atoms with Crippen molar-refractivity contribution in [1.82, 2.24) is 0 Å². The van der Waals surface area contributed by atoms with Crippen molar-refractivity contribution in [3.8, 4) is 0 Å². The maximum Gasteiger partial charge on any atom is 0.261 e. The summed E-state index contributed by atoms with van der Waals surface area (Å²) in [7, 11) is -3.52. The topological polar surface area (TPSA) is 46.2 Å². The molecular formula is C16H19NO2S. The van der Waals surface area contributed by atoms with Gasteiger partial charge in [0.25, 0.3) is 10.0 Å². The van der Waals surface area contributed by atoms with Gasteiger partial charge in [-0.25, -0.2) is 8.42 Å². The highest BCUT2D eigenvalue weighted by Gasteiger charge is 2.14. The zero-order chi connectivity index (χ0) is 14.6. The van der Waals surface area contributed by atoms with Gasteiger partial charge in [-0.2, -0.15) is 0 Å². The number of sulfonamides is 1. The lowest BCUT2D eigenvalue weighted by molar-refractivity contribution is 0.600. The Bertz CT molecular complexity index is 664. The molecule has 0 amide bonds. The maximum absolute atomic E-state index is 12.3. The third kappa shape index (κ3) is 3.84. The second-order valence-electron chi connectivity index (χ2n) is 5.22. The lowest BCUT2D eigenvalue weighted by Crippen LogP contribution is -2.13. The van der Waals surface area contributed by atoms with Crippen LogP contribution in [0.3, 0.4) is 0 Å². The van der Waals surface area contributed by atoms with Crippen LogP contribution >= 0.6 is 0 Å². The highest BCUT2D eigenvalue weighted by atomic mass is 32.2. The predicted octanol–water partition coefficient (Wildman–Crippen LogP) is 3.69. The number of hydrogen-bond donors (Lipinski definition) is 1. The molecule has 2 aromatic carbocycles. The lowest BCUT2D eigenvalue weighted by atomic mass is 10.0. The van der Waals surface area contributed by atoms with E-state index in [2.05, 4.69) is 18.6 Å². The summed E-state index contributed by atoms with van der Waals surface area (Å²) >= 11 is 0. The Labute approximate surface area is 120 Å². The van der Waals surface area contributed by atoms with Crippen molar-refractivity contribution in [2.75, 3.05) is 4.72 Å². The fourth-order valence-electron chi connectivity index (χ4n) is 2.03. The van der Waals surface area contributed by atoms with Gasteiger partial charge in [-0.3, -0.25) is 4.72 Å². The Morgan fingerprint density at radius 1 is 1.00 bits per heavy atom. The summed E-state index contributed by atoms with van der Waals surface area (Å²) in [5.74, 6) is 0.495. The van der Waals surface area contributed by atoms with E-state index in [1.807, 2.05) is 12.1 Å². The summed E-state index contributed by atoms with van der Waals surface area (Å²) in [6.07, 6.45) is 0.870. The fraction of sp³-hybridized carbons (Fsp3) is 0.250. The van der Waals surface area contributed by atoms with Gasteiger partial charge in [0, 0.05) is 5.69 Å². The minimum atomic E-state index is -3.52. The quantitative estimate of drug-likeness (QED) is 0.912. The van der Waals surface area contributed by atoms with Crippen LogP contribution < -0.4 is 4.72 Å². The van der Waals surface area contributed by atoms with Gasteiger partial charge < -0.3 is 0 Å². The van der Waals surface area contributed by atoms with Crippen molar-refractivity contribution in [3.05, 3.63) is 60.2 Å². The van der Waals surface area contributed by atoms with Crippen molar-refractivity contribution in [3.63, 3.8) is 0 Å². The molecule has 0 spiro atoms. The molecule has 106 valence electrons. The van der Waals surface area contributed by atoms with Gasteiger partial charge in [-0.1, -0.05) is 44.2 Å². The van der Waals surface area contributed by atoms with Crippen LogP contribution in [0.25, 0.3) is 0 Å². The molecule has 0 heterocycles. The number of anilines is 1. The molecule has 0 atom stereocenters. The number of para-hydroxylation sites is 1. The Kier molecular flexibility index (Phi) is 4.45. The second kappa shape index (κ2) is 6.09. The Hall–Kier alpha value is -1.81. The van der Waals surface area contributed by atoms with Crippen LogP contribution in [0.5, 0.6) is 0 Å². The molecule has 0 bridgehead atoms. The number of nitrogens with one attached hydrogen (secondary N) is 1. The van der Waals surface area contributed by atoms with Crippen molar-refractivity contribution in [2.45, 2.75) is 25.2 Å².